The number of nitro groups is 1. The van der Waals surface area contributed by atoms with Gasteiger partial charge in [0.15, 0.2) is 0 Å². The number of aromatic nitrogens is 2. The SMILES string of the molecule is Cc1ccc(C)c(S[C@H](C)c2nnc(-c3ccc([N+](=O)[O-])cc3)o2)c1. The summed E-state index contributed by atoms with van der Waals surface area (Å²) in [5.41, 5.74) is 3.10. The lowest BCUT2D eigenvalue weighted by Gasteiger charge is -2.10. The molecule has 2 aromatic carbocycles. The van der Waals surface area contributed by atoms with E-state index in [9.17, 15) is 10.1 Å². The number of rotatable bonds is 5. The van der Waals surface area contributed by atoms with E-state index in [-0.39, 0.29) is 10.9 Å². The molecular weight excluding hydrogens is 338 g/mol. The molecule has 0 unspecified atom stereocenters. The highest BCUT2D eigenvalue weighted by Crippen LogP contribution is 2.37. The van der Waals surface area contributed by atoms with Gasteiger partial charge in [0, 0.05) is 22.6 Å². The van der Waals surface area contributed by atoms with Gasteiger partial charge in [0.25, 0.3) is 5.69 Å². The molecule has 1 aromatic heterocycles. The van der Waals surface area contributed by atoms with Crippen LogP contribution >= 0.6 is 11.8 Å². The van der Waals surface area contributed by atoms with E-state index < -0.39 is 4.92 Å². The molecule has 25 heavy (non-hydrogen) atoms. The Hall–Kier alpha value is -2.67. The molecule has 1 heterocycles. The maximum Gasteiger partial charge on any atom is 0.269 e. The average molecular weight is 355 g/mol. The van der Waals surface area contributed by atoms with E-state index in [1.807, 2.05) is 6.92 Å². The zero-order chi connectivity index (χ0) is 18.0. The molecule has 0 aliphatic carbocycles. The third-order valence-corrected chi connectivity index (χ3v) is 5.01. The first-order valence-corrected chi connectivity index (χ1v) is 8.64. The number of thioether (sulfide) groups is 1. The smallest absolute Gasteiger partial charge is 0.269 e. The van der Waals surface area contributed by atoms with Gasteiger partial charge in [0.1, 0.15) is 0 Å². The molecule has 0 aliphatic rings. The number of benzene rings is 2. The number of hydrogen-bond acceptors (Lipinski definition) is 6. The van der Waals surface area contributed by atoms with Gasteiger partial charge in [-0.2, -0.15) is 0 Å². The van der Waals surface area contributed by atoms with Crippen molar-refractivity contribution < 1.29 is 9.34 Å². The molecule has 0 bridgehead atoms. The van der Waals surface area contributed by atoms with Crippen LogP contribution in [0.5, 0.6) is 0 Å². The Bertz CT molecular complexity index is 906. The first kappa shape index (κ1) is 17.2. The highest BCUT2D eigenvalue weighted by Gasteiger charge is 2.17. The van der Waals surface area contributed by atoms with Crippen molar-refractivity contribution in [2.75, 3.05) is 0 Å². The summed E-state index contributed by atoms with van der Waals surface area (Å²) in [5, 5.41) is 18.9. The molecule has 0 N–H and O–H groups in total. The van der Waals surface area contributed by atoms with Gasteiger partial charge in [-0.15, -0.1) is 22.0 Å². The van der Waals surface area contributed by atoms with Gasteiger partial charge in [0.05, 0.1) is 10.2 Å². The Balaban J connectivity index is 1.78. The van der Waals surface area contributed by atoms with Gasteiger partial charge in [-0.1, -0.05) is 17.7 Å². The molecule has 128 valence electrons. The molecular formula is C18H17N3O3S. The van der Waals surface area contributed by atoms with Crippen molar-refractivity contribution in [1.29, 1.82) is 0 Å². The minimum atomic E-state index is -0.439. The third kappa shape index (κ3) is 3.88. The fraction of sp³-hybridized carbons (Fsp3) is 0.222. The molecule has 7 heteroatoms. The second-order valence-electron chi connectivity index (χ2n) is 5.78. The quantitative estimate of drug-likeness (QED) is 0.359. The highest BCUT2D eigenvalue weighted by molar-refractivity contribution is 7.99. The summed E-state index contributed by atoms with van der Waals surface area (Å²) in [6.45, 7) is 6.15. The van der Waals surface area contributed by atoms with Gasteiger partial charge < -0.3 is 4.42 Å². The number of nitro benzene ring substituents is 1. The summed E-state index contributed by atoms with van der Waals surface area (Å²) in [6, 6.07) is 12.4. The summed E-state index contributed by atoms with van der Waals surface area (Å²) < 4.78 is 5.76. The van der Waals surface area contributed by atoms with Crippen LogP contribution in [0.25, 0.3) is 11.5 Å². The van der Waals surface area contributed by atoms with E-state index in [0.29, 0.717) is 17.3 Å². The van der Waals surface area contributed by atoms with Crippen molar-refractivity contribution in [3.05, 3.63) is 69.6 Å². The van der Waals surface area contributed by atoms with Gasteiger partial charge in [-0.05, 0) is 44.5 Å². The largest absolute Gasteiger partial charge is 0.419 e. The van der Waals surface area contributed by atoms with Gasteiger partial charge in [-0.3, -0.25) is 10.1 Å². The fourth-order valence-corrected chi connectivity index (χ4v) is 3.40. The molecule has 0 amide bonds. The van der Waals surface area contributed by atoms with Gasteiger partial charge in [-0.25, -0.2) is 0 Å². The molecule has 0 saturated carbocycles. The lowest BCUT2D eigenvalue weighted by molar-refractivity contribution is -0.384. The van der Waals surface area contributed by atoms with Crippen LogP contribution in [0.2, 0.25) is 0 Å². The minimum absolute atomic E-state index is 0.000187. The molecule has 1 atom stereocenters. The lowest BCUT2D eigenvalue weighted by Crippen LogP contribution is -1.90. The van der Waals surface area contributed by atoms with E-state index >= 15 is 0 Å². The fourth-order valence-electron chi connectivity index (χ4n) is 2.32. The Labute approximate surface area is 149 Å². The number of aryl methyl sites for hydroxylation is 2. The van der Waals surface area contributed by atoms with Crippen LogP contribution < -0.4 is 0 Å². The molecule has 0 aliphatic heterocycles. The number of nitrogens with zero attached hydrogens (tertiary/aromatic N) is 3. The summed E-state index contributed by atoms with van der Waals surface area (Å²) in [5.74, 6) is 0.887. The van der Waals surface area contributed by atoms with Gasteiger partial charge in [0.2, 0.25) is 11.8 Å². The van der Waals surface area contributed by atoms with Crippen LogP contribution in [0, 0.1) is 24.0 Å². The first-order valence-electron chi connectivity index (χ1n) is 7.76. The van der Waals surface area contributed by atoms with Crippen molar-refractivity contribution in [3.63, 3.8) is 0 Å². The lowest BCUT2D eigenvalue weighted by atomic mass is 10.2. The summed E-state index contributed by atoms with van der Waals surface area (Å²) in [6.07, 6.45) is 0. The van der Waals surface area contributed by atoms with Crippen LogP contribution in [0.15, 0.2) is 51.8 Å². The maximum absolute atomic E-state index is 10.7. The van der Waals surface area contributed by atoms with Crippen LogP contribution in [0.4, 0.5) is 5.69 Å². The Kier molecular flexibility index (Phi) is 4.85. The third-order valence-electron chi connectivity index (χ3n) is 3.76. The molecule has 3 aromatic rings. The molecule has 6 nitrogen and oxygen atoms in total. The van der Waals surface area contributed by atoms with Crippen molar-refractivity contribution in [3.8, 4) is 11.5 Å². The Morgan fingerprint density at radius 3 is 2.52 bits per heavy atom. The molecule has 3 rings (SSSR count). The monoisotopic (exact) mass is 355 g/mol. The van der Waals surface area contributed by atoms with Crippen molar-refractivity contribution in [2.24, 2.45) is 0 Å². The van der Waals surface area contributed by atoms with Crippen LogP contribution in [0.1, 0.15) is 29.2 Å². The average Bonchev–Trinajstić information content (AvgIpc) is 3.08. The molecule has 0 fully saturated rings. The van der Waals surface area contributed by atoms with Crippen molar-refractivity contribution in [1.82, 2.24) is 10.2 Å². The van der Waals surface area contributed by atoms with Gasteiger partial charge >= 0.3 is 0 Å². The van der Waals surface area contributed by atoms with E-state index in [1.165, 1.54) is 28.2 Å². The standard InChI is InChI=1S/C18H17N3O3S/c1-11-4-5-12(2)16(10-11)25-13(3)17-19-20-18(24-17)14-6-8-15(9-7-14)21(22)23/h4-10,13H,1-3H3/t13-/m1/s1. The normalized spacial score (nSPS) is 12.1. The summed E-state index contributed by atoms with van der Waals surface area (Å²) >= 11 is 1.67. The van der Waals surface area contributed by atoms with E-state index in [0.717, 1.165) is 0 Å². The molecule has 0 saturated heterocycles. The van der Waals surface area contributed by atoms with Crippen molar-refractivity contribution in [2.45, 2.75) is 30.9 Å². The topological polar surface area (TPSA) is 82.1 Å². The van der Waals surface area contributed by atoms with Crippen molar-refractivity contribution >= 4 is 17.4 Å². The predicted octanol–water partition coefficient (Wildman–Crippen LogP) is 5.11. The minimum Gasteiger partial charge on any atom is -0.419 e. The van der Waals surface area contributed by atoms with Crippen LogP contribution in [0.3, 0.4) is 0 Å². The zero-order valence-electron chi connectivity index (χ0n) is 14.1. The molecule has 0 spiro atoms. The first-order chi connectivity index (χ1) is 11.9. The number of hydrogen-bond donors (Lipinski definition) is 0. The summed E-state index contributed by atoms with van der Waals surface area (Å²) in [4.78, 5) is 11.5. The predicted molar refractivity (Wildman–Crippen MR) is 96.6 cm³/mol. The second-order valence-corrected chi connectivity index (χ2v) is 7.16. The number of non-ortho nitro benzene ring substituents is 1. The highest BCUT2D eigenvalue weighted by atomic mass is 32.2. The second kappa shape index (κ2) is 7.06. The molecule has 0 radical (unpaired) electrons. The zero-order valence-corrected chi connectivity index (χ0v) is 14.9. The van der Waals surface area contributed by atoms with Crippen LogP contribution in [-0.2, 0) is 0 Å². The Morgan fingerprint density at radius 1 is 1.12 bits per heavy atom. The maximum atomic E-state index is 10.7. The Morgan fingerprint density at radius 2 is 1.84 bits per heavy atom. The van der Waals surface area contributed by atoms with E-state index in [2.05, 4.69) is 42.2 Å². The summed E-state index contributed by atoms with van der Waals surface area (Å²) in [7, 11) is 0. The van der Waals surface area contributed by atoms with E-state index in [4.69, 9.17) is 4.42 Å². The van der Waals surface area contributed by atoms with E-state index in [1.54, 1.807) is 23.9 Å². The van der Waals surface area contributed by atoms with Crippen LogP contribution in [-0.4, -0.2) is 15.1 Å².